The van der Waals surface area contributed by atoms with Crippen molar-refractivity contribution < 1.29 is 31.1 Å². The Bertz CT molecular complexity index is 917. The van der Waals surface area contributed by atoms with E-state index in [9.17, 15) is 0 Å². The molecule has 28 heavy (non-hydrogen) atoms. The minimum atomic E-state index is -0.123. The van der Waals surface area contributed by atoms with Gasteiger partial charge in [0.2, 0.25) is 0 Å². The van der Waals surface area contributed by atoms with E-state index in [1.165, 1.54) is 28.2 Å². The van der Waals surface area contributed by atoms with Gasteiger partial charge in [0.1, 0.15) is 5.69 Å². The van der Waals surface area contributed by atoms with Crippen molar-refractivity contribution in [1.82, 2.24) is 15.0 Å². The summed E-state index contributed by atoms with van der Waals surface area (Å²) in [5.74, 6) is 1.42. The van der Waals surface area contributed by atoms with Gasteiger partial charge in [-0.1, -0.05) is 47.5 Å². The maximum Gasteiger partial charge on any atom is 2.00 e. The molecule has 0 atom stereocenters. The number of nitrogens with zero attached hydrogens (tertiary/aromatic N) is 3. The van der Waals surface area contributed by atoms with E-state index in [2.05, 4.69) is 111 Å². The van der Waals surface area contributed by atoms with Crippen LogP contribution in [-0.2, 0) is 12.0 Å². The fourth-order valence-corrected chi connectivity index (χ4v) is 3.21. The van der Waals surface area contributed by atoms with Gasteiger partial charge in [0.15, 0.2) is 0 Å². The van der Waals surface area contributed by atoms with E-state index in [-0.39, 0.29) is 36.7 Å². The number of benzene rings is 2. The Labute approximate surface area is 193 Å². The van der Waals surface area contributed by atoms with E-state index in [1.807, 2.05) is 0 Å². The summed E-state index contributed by atoms with van der Waals surface area (Å²) in [7, 11) is 0. The number of rotatable bonds is 0. The van der Waals surface area contributed by atoms with E-state index in [0.29, 0.717) is 0 Å². The normalized spacial score (nSPS) is 12.1. The van der Waals surface area contributed by atoms with Crippen molar-refractivity contribution in [2.24, 2.45) is 0 Å². The Morgan fingerprint density at radius 1 is 0.929 bits per heavy atom. The predicted molar refractivity (Wildman–Crippen MR) is 113 cm³/mol. The van der Waals surface area contributed by atoms with Crippen molar-refractivity contribution in [3.63, 3.8) is 0 Å². The van der Waals surface area contributed by atoms with Crippen molar-refractivity contribution in [3.05, 3.63) is 72.0 Å². The second kappa shape index (κ2) is 9.33. The van der Waals surface area contributed by atoms with Crippen LogP contribution in [0, 0.1) is 43.5 Å². The molecule has 4 heteroatoms. The predicted octanol–water partition coefficient (Wildman–Crippen LogP) is 6.10. The second-order valence-corrected chi connectivity index (χ2v) is 8.52. The minimum absolute atomic E-state index is 0. The van der Waals surface area contributed by atoms with Crippen molar-refractivity contribution >= 4 is 0 Å². The molecular formula is C24H29N3U. The molecule has 0 radical (unpaired) electrons. The molecule has 1 heterocycles. The topological polar surface area (TPSA) is 30.7 Å². The molecule has 2 aromatic carbocycles. The molecule has 0 fully saturated rings. The number of fused-ring (bicyclic) bond motifs is 5. The molecule has 0 saturated heterocycles. The van der Waals surface area contributed by atoms with Gasteiger partial charge in [-0.15, -0.1) is 17.2 Å². The Morgan fingerprint density at radius 2 is 1.50 bits per heavy atom. The van der Waals surface area contributed by atoms with Crippen LogP contribution < -0.4 is 0 Å². The first-order chi connectivity index (χ1) is 12.8. The summed E-state index contributed by atoms with van der Waals surface area (Å²) in [6.07, 6.45) is 3.21. The van der Waals surface area contributed by atoms with E-state index in [1.54, 1.807) is 0 Å². The van der Waals surface area contributed by atoms with Crippen molar-refractivity contribution in [3.8, 4) is 22.5 Å². The molecule has 1 aliphatic carbocycles. The average molecular weight is 598 g/mol. The van der Waals surface area contributed by atoms with Crippen LogP contribution >= 0.6 is 0 Å². The Hall–Kier alpha value is -1.50. The Kier molecular flexibility index (Phi) is 7.60. The van der Waals surface area contributed by atoms with Crippen molar-refractivity contribution in [2.75, 3.05) is 0 Å². The number of hydrogen-bond acceptors (Lipinski definition) is 2. The summed E-state index contributed by atoms with van der Waals surface area (Å²) in [4.78, 5) is 0. The van der Waals surface area contributed by atoms with Gasteiger partial charge in [0, 0.05) is 11.3 Å². The first-order valence-corrected chi connectivity index (χ1v) is 9.53. The molecule has 1 aromatic heterocycles. The van der Waals surface area contributed by atoms with Gasteiger partial charge in [0.25, 0.3) is 0 Å². The third-order valence-electron chi connectivity index (χ3n) is 4.34. The third kappa shape index (κ3) is 4.91. The van der Waals surface area contributed by atoms with Crippen LogP contribution in [0.1, 0.15) is 52.7 Å². The van der Waals surface area contributed by atoms with Crippen LogP contribution in [0.5, 0.6) is 0 Å². The van der Waals surface area contributed by atoms with Crippen LogP contribution in [0.3, 0.4) is 0 Å². The zero-order valence-electron chi connectivity index (χ0n) is 17.7. The monoisotopic (exact) mass is 597 g/mol. The van der Waals surface area contributed by atoms with Crippen LogP contribution in [0.25, 0.3) is 22.5 Å². The van der Waals surface area contributed by atoms with E-state index >= 15 is 0 Å². The molecule has 0 saturated carbocycles. The Balaban J connectivity index is 0.000000515. The van der Waals surface area contributed by atoms with Gasteiger partial charge in [-0.3, -0.25) is 4.68 Å². The molecular weight excluding hydrogens is 568 g/mol. The summed E-state index contributed by atoms with van der Waals surface area (Å²) < 4.78 is 2.05. The molecule has 4 rings (SSSR count). The first kappa shape index (κ1) is 22.8. The van der Waals surface area contributed by atoms with Crippen LogP contribution in [-0.4, -0.2) is 15.0 Å². The second-order valence-electron chi connectivity index (χ2n) is 8.52. The zero-order valence-corrected chi connectivity index (χ0v) is 21.9. The van der Waals surface area contributed by atoms with Crippen molar-refractivity contribution in [1.29, 1.82) is 0 Å². The molecule has 144 valence electrons. The third-order valence-corrected chi connectivity index (χ3v) is 4.34. The molecule has 0 N–H and O–H groups in total. The number of aromatic nitrogens is 3. The van der Waals surface area contributed by atoms with E-state index in [4.69, 9.17) is 0 Å². The van der Waals surface area contributed by atoms with Crippen molar-refractivity contribution in [2.45, 2.75) is 53.5 Å². The van der Waals surface area contributed by atoms with Gasteiger partial charge in [-0.05, 0) is 26.3 Å². The minimum Gasteiger partial charge on any atom is -0.323 e. The molecule has 0 amide bonds. The largest absolute Gasteiger partial charge is 2.00 e. The van der Waals surface area contributed by atoms with Crippen LogP contribution in [0.15, 0.2) is 48.5 Å². The maximum absolute atomic E-state index is 4.56. The number of hydrogen-bond donors (Lipinski definition) is 0. The fraction of sp³-hybridized carbons (Fsp3) is 0.333. The standard InChI is InChI=1S/C20H20N3.C4H9.U/c1-20(2,3)23-19-17-11-7-5-9-15(17)13-12-14-8-4-6-10-16(14)18(19)21-22-23;1-4(2)3;/h4-11,13H,12H2,1-3H3;1-3H3;/q2*-1;+2. The summed E-state index contributed by atoms with van der Waals surface area (Å²) in [5, 5.41) is 9.07. The Morgan fingerprint density at radius 3 is 2.14 bits per heavy atom. The van der Waals surface area contributed by atoms with Gasteiger partial charge in [-0.2, -0.15) is 38.8 Å². The van der Waals surface area contributed by atoms with Gasteiger partial charge in [-0.25, -0.2) is 0 Å². The fourth-order valence-electron chi connectivity index (χ4n) is 3.21. The first-order valence-electron chi connectivity index (χ1n) is 9.53. The zero-order chi connectivity index (χ0) is 19.6. The van der Waals surface area contributed by atoms with E-state index < -0.39 is 0 Å². The molecule has 0 unspecified atom stereocenters. The summed E-state index contributed by atoms with van der Waals surface area (Å²) in [6.45, 7) is 12.7. The average Bonchev–Trinajstić information content (AvgIpc) is 3.03. The summed E-state index contributed by atoms with van der Waals surface area (Å²) >= 11 is 0. The molecule has 3 aromatic rings. The van der Waals surface area contributed by atoms with E-state index in [0.717, 1.165) is 17.8 Å². The summed E-state index contributed by atoms with van der Waals surface area (Å²) in [6, 6.07) is 17.0. The van der Waals surface area contributed by atoms with Gasteiger partial charge >= 0.3 is 31.1 Å². The maximum atomic E-state index is 4.56. The molecule has 0 aliphatic heterocycles. The van der Waals surface area contributed by atoms with Crippen LogP contribution in [0.2, 0.25) is 0 Å². The molecule has 3 nitrogen and oxygen atoms in total. The molecule has 0 spiro atoms. The van der Waals surface area contributed by atoms with Gasteiger partial charge < -0.3 is 5.92 Å². The van der Waals surface area contributed by atoms with Gasteiger partial charge in [0.05, 0.1) is 5.54 Å². The molecule has 1 aliphatic rings. The smallest absolute Gasteiger partial charge is 0.323 e. The SMILES string of the molecule is CC(C)(C)n1nnc2c1-c1ccccc1[CH-]Cc1ccccc1-2.C[C-](C)C.[U+2]. The summed E-state index contributed by atoms with van der Waals surface area (Å²) in [5.41, 5.74) is 6.90. The molecule has 0 bridgehead atoms. The van der Waals surface area contributed by atoms with Crippen LogP contribution in [0.4, 0.5) is 0 Å². The quantitative estimate of drug-likeness (QED) is 0.294.